The maximum Gasteiger partial charge on any atom is 0.261 e. The Labute approximate surface area is 164 Å². The summed E-state index contributed by atoms with van der Waals surface area (Å²) in [6, 6.07) is 11.7. The van der Waals surface area contributed by atoms with Crippen molar-refractivity contribution in [1.82, 2.24) is 10.2 Å². The fraction of sp³-hybridized carbons (Fsp3) is 0.333. The van der Waals surface area contributed by atoms with E-state index in [1.54, 1.807) is 12.1 Å². The average molecular weight is 414 g/mol. The van der Waals surface area contributed by atoms with Crippen molar-refractivity contribution in [2.45, 2.75) is 11.3 Å². The number of anilines is 1. The summed E-state index contributed by atoms with van der Waals surface area (Å²) in [4.78, 5) is 2.47. The van der Waals surface area contributed by atoms with Crippen molar-refractivity contribution in [3.63, 3.8) is 0 Å². The van der Waals surface area contributed by atoms with Crippen LogP contribution in [-0.2, 0) is 16.4 Å². The van der Waals surface area contributed by atoms with Gasteiger partial charge >= 0.3 is 0 Å². The van der Waals surface area contributed by atoms with E-state index in [2.05, 4.69) is 14.9 Å². The van der Waals surface area contributed by atoms with Crippen LogP contribution in [0.4, 0.5) is 5.69 Å². The van der Waals surface area contributed by atoms with Gasteiger partial charge in [0.2, 0.25) is 0 Å². The first-order valence-corrected chi connectivity index (χ1v) is 10.7. The standard InChI is InChI=1S/C18H21Cl2N3O2S/c19-15-11-16(20)13-18(12-15)26(24,25)22-17-3-1-14(2-4-17)5-8-23-9-6-21-7-10-23/h1-4,11-13,21-22H,5-10H2. The number of nitrogens with one attached hydrogen (secondary N) is 2. The average Bonchev–Trinajstić information content (AvgIpc) is 2.61. The summed E-state index contributed by atoms with van der Waals surface area (Å²) in [6.45, 7) is 5.22. The van der Waals surface area contributed by atoms with Crippen LogP contribution in [0.3, 0.4) is 0 Å². The van der Waals surface area contributed by atoms with Gasteiger partial charge < -0.3 is 10.2 Å². The summed E-state index contributed by atoms with van der Waals surface area (Å²) in [5.41, 5.74) is 1.68. The van der Waals surface area contributed by atoms with Gasteiger partial charge in [0.05, 0.1) is 4.90 Å². The normalized spacial score (nSPS) is 15.8. The van der Waals surface area contributed by atoms with E-state index in [4.69, 9.17) is 23.2 Å². The molecule has 26 heavy (non-hydrogen) atoms. The van der Waals surface area contributed by atoms with Crippen molar-refractivity contribution >= 4 is 38.9 Å². The van der Waals surface area contributed by atoms with Crippen LogP contribution in [0.2, 0.25) is 10.0 Å². The van der Waals surface area contributed by atoms with E-state index in [9.17, 15) is 8.42 Å². The van der Waals surface area contributed by atoms with Crippen molar-refractivity contribution in [1.29, 1.82) is 0 Å². The van der Waals surface area contributed by atoms with E-state index in [0.717, 1.165) is 39.1 Å². The number of hydrogen-bond donors (Lipinski definition) is 2. The van der Waals surface area contributed by atoms with Crippen molar-refractivity contribution in [3.8, 4) is 0 Å². The molecule has 3 rings (SSSR count). The van der Waals surface area contributed by atoms with Crippen LogP contribution in [0.25, 0.3) is 0 Å². The third-order valence-electron chi connectivity index (χ3n) is 4.28. The molecule has 0 aromatic heterocycles. The van der Waals surface area contributed by atoms with Crippen LogP contribution in [0.5, 0.6) is 0 Å². The molecule has 0 aliphatic carbocycles. The second-order valence-electron chi connectivity index (χ2n) is 6.25. The Kier molecular flexibility index (Phi) is 6.42. The highest BCUT2D eigenvalue weighted by Gasteiger charge is 2.16. The number of rotatable bonds is 6. The van der Waals surface area contributed by atoms with E-state index in [1.165, 1.54) is 23.8 Å². The van der Waals surface area contributed by atoms with Crippen molar-refractivity contribution in [3.05, 3.63) is 58.1 Å². The molecule has 1 aliphatic heterocycles. The van der Waals surface area contributed by atoms with Gasteiger partial charge in [0.25, 0.3) is 10.0 Å². The minimum absolute atomic E-state index is 0.0396. The van der Waals surface area contributed by atoms with Crippen LogP contribution < -0.4 is 10.0 Å². The first-order chi connectivity index (χ1) is 12.4. The van der Waals surface area contributed by atoms with Gasteiger partial charge in [-0.3, -0.25) is 4.72 Å². The quantitative estimate of drug-likeness (QED) is 0.762. The monoisotopic (exact) mass is 413 g/mol. The minimum Gasteiger partial charge on any atom is -0.314 e. The lowest BCUT2D eigenvalue weighted by atomic mass is 10.1. The van der Waals surface area contributed by atoms with Gasteiger partial charge in [-0.1, -0.05) is 35.3 Å². The highest BCUT2D eigenvalue weighted by Crippen LogP contribution is 2.24. The van der Waals surface area contributed by atoms with Gasteiger partial charge in [-0.15, -0.1) is 0 Å². The van der Waals surface area contributed by atoms with Crippen LogP contribution in [0.15, 0.2) is 47.4 Å². The zero-order valence-corrected chi connectivity index (χ0v) is 16.5. The van der Waals surface area contributed by atoms with Gasteiger partial charge in [0.15, 0.2) is 0 Å². The molecule has 0 unspecified atom stereocenters. The molecule has 1 saturated heterocycles. The molecule has 2 N–H and O–H groups in total. The Morgan fingerprint density at radius 1 is 1.00 bits per heavy atom. The molecule has 1 aliphatic rings. The second kappa shape index (κ2) is 8.59. The van der Waals surface area contributed by atoms with E-state index < -0.39 is 10.0 Å². The lowest BCUT2D eigenvalue weighted by Gasteiger charge is -2.27. The third-order valence-corrected chi connectivity index (χ3v) is 6.08. The molecule has 0 atom stereocenters. The van der Waals surface area contributed by atoms with E-state index in [1.807, 2.05) is 12.1 Å². The largest absolute Gasteiger partial charge is 0.314 e. The van der Waals surface area contributed by atoms with Gasteiger partial charge in [-0.2, -0.15) is 0 Å². The summed E-state index contributed by atoms with van der Waals surface area (Å²) < 4.78 is 27.5. The maximum absolute atomic E-state index is 12.5. The van der Waals surface area contributed by atoms with Gasteiger partial charge in [0.1, 0.15) is 0 Å². The summed E-state index contributed by atoms with van der Waals surface area (Å²) >= 11 is 11.8. The zero-order chi connectivity index (χ0) is 18.6. The number of halogens is 2. The molecule has 2 aromatic rings. The first-order valence-electron chi connectivity index (χ1n) is 8.43. The molecule has 140 valence electrons. The molecule has 2 aromatic carbocycles. The summed E-state index contributed by atoms with van der Waals surface area (Å²) in [5.74, 6) is 0. The van der Waals surface area contributed by atoms with Gasteiger partial charge in [-0.05, 0) is 42.3 Å². The predicted molar refractivity (Wildman–Crippen MR) is 107 cm³/mol. The maximum atomic E-state index is 12.5. The molecule has 0 spiro atoms. The molecule has 8 heteroatoms. The summed E-state index contributed by atoms with van der Waals surface area (Å²) in [5, 5.41) is 3.90. The molecule has 0 bridgehead atoms. The lowest BCUT2D eigenvalue weighted by Crippen LogP contribution is -2.44. The Balaban J connectivity index is 1.62. The molecule has 0 saturated carbocycles. The Bertz CT molecular complexity index is 831. The fourth-order valence-electron chi connectivity index (χ4n) is 2.86. The molecular formula is C18H21Cl2N3O2S. The number of benzene rings is 2. The molecule has 0 amide bonds. The Morgan fingerprint density at radius 3 is 2.23 bits per heavy atom. The molecule has 5 nitrogen and oxygen atoms in total. The van der Waals surface area contributed by atoms with Crippen LogP contribution >= 0.6 is 23.2 Å². The molecule has 0 radical (unpaired) electrons. The first kappa shape index (κ1) is 19.5. The van der Waals surface area contributed by atoms with Crippen molar-refractivity contribution in [2.24, 2.45) is 0 Å². The van der Waals surface area contributed by atoms with Crippen molar-refractivity contribution < 1.29 is 8.42 Å². The van der Waals surface area contributed by atoms with E-state index >= 15 is 0 Å². The molecular weight excluding hydrogens is 393 g/mol. The number of sulfonamides is 1. The Hall–Kier alpha value is -1.31. The number of hydrogen-bond acceptors (Lipinski definition) is 4. The second-order valence-corrected chi connectivity index (χ2v) is 8.80. The van der Waals surface area contributed by atoms with E-state index in [0.29, 0.717) is 5.69 Å². The summed E-state index contributed by atoms with van der Waals surface area (Å²) in [7, 11) is -3.73. The van der Waals surface area contributed by atoms with Gasteiger partial charge in [-0.25, -0.2) is 8.42 Å². The lowest BCUT2D eigenvalue weighted by molar-refractivity contribution is 0.244. The highest BCUT2D eigenvalue weighted by molar-refractivity contribution is 7.92. The number of piperazine rings is 1. The highest BCUT2D eigenvalue weighted by atomic mass is 35.5. The number of nitrogens with zero attached hydrogens (tertiary/aromatic N) is 1. The minimum atomic E-state index is -3.73. The van der Waals surface area contributed by atoms with Crippen LogP contribution in [-0.4, -0.2) is 46.0 Å². The predicted octanol–water partition coefficient (Wildman–Crippen LogP) is 3.24. The smallest absolute Gasteiger partial charge is 0.261 e. The third kappa shape index (κ3) is 5.34. The topological polar surface area (TPSA) is 61.4 Å². The Morgan fingerprint density at radius 2 is 1.62 bits per heavy atom. The fourth-order valence-corrected chi connectivity index (χ4v) is 4.64. The zero-order valence-electron chi connectivity index (χ0n) is 14.2. The van der Waals surface area contributed by atoms with Crippen molar-refractivity contribution in [2.75, 3.05) is 37.4 Å². The van der Waals surface area contributed by atoms with E-state index in [-0.39, 0.29) is 14.9 Å². The molecule has 1 heterocycles. The van der Waals surface area contributed by atoms with Crippen LogP contribution in [0.1, 0.15) is 5.56 Å². The summed E-state index contributed by atoms with van der Waals surface area (Å²) in [6.07, 6.45) is 0.941. The van der Waals surface area contributed by atoms with Crippen LogP contribution in [0, 0.1) is 0 Å². The van der Waals surface area contributed by atoms with Gasteiger partial charge in [0, 0.05) is 48.5 Å². The molecule has 1 fully saturated rings. The SMILES string of the molecule is O=S(=O)(Nc1ccc(CCN2CCNCC2)cc1)c1cc(Cl)cc(Cl)c1.